The van der Waals surface area contributed by atoms with E-state index in [0.717, 1.165) is 25.7 Å². The molecule has 1 fully saturated rings. The zero-order chi connectivity index (χ0) is 15.5. The van der Waals surface area contributed by atoms with Crippen LogP contribution in [0.3, 0.4) is 0 Å². The van der Waals surface area contributed by atoms with Gasteiger partial charge in [-0.05, 0) is 37.3 Å². The van der Waals surface area contributed by atoms with Crippen LogP contribution in [0.25, 0.3) is 0 Å². The maximum absolute atomic E-state index is 12.4. The Morgan fingerprint density at radius 2 is 2.00 bits per heavy atom. The number of anilines is 1. The van der Waals surface area contributed by atoms with E-state index < -0.39 is 10.0 Å². The van der Waals surface area contributed by atoms with Crippen molar-refractivity contribution in [2.24, 2.45) is 0 Å². The van der Waals surface area contributed by atoms with E-state index in [-0.39, 0.29) is 14.7 Å². The summed E-state index contributed by atoms with van der Waals surface area (Å²) >= 11 is 7.74. The van der Waals surface area contributed by atoms with Crippen molar-refractivity contribution in [1.82, 2.24) is 4.72 Å². The maximum atomic E-state index is 12.4. The maximum Gasteiger partial charge on any atom is 0.242 e. The highest BCUT2D eigenvalue weighted by atomic mass is 35.5. The van der Waals surface area contributed by atoms with Gasteiger partial charge in [0.2, 0.25) is 10.0 Å². The lowest BCUT2D eigenvalue weighted by molar-refractivity contribution is 0.395. The van der Waals surface area contributed by atoms with Gasteiger partial charge in [0.25, 0.3) is 0 Å². The molecule has 0 unspecified atom stereocenters. The van der Waals surface area contributed by atoms with Crippen molar-refractivity contribution in [2.45, 2.75) is 41.7 Å². The van der Waals surface area contributed by atoms with Crippen molar-refractivity contribution in [1.29, 1.82) is 0 Å². The van der Waals surface area contributed by atoms with Crippen LogP contribution < -0.4 is 10.5 Å². The molecule has 118 valence electrons. The molecule has 0 aliphatic heterocycles. The number of nitrogen functional groups attached to an aromatic ring is 1. The molecule has 0 amide bonds. The Labute approximate surface area is 135 Å². The first-order chi connectivity index (χ1) is 9.88. The minimum Gasteiger partial charge on any atom is -0.399 e. The molecule has 3 N–H and O–H groups in total. The molecule has 2 rings (SSSR count). The van der Waals surface area contributed by atoms with E-state index in [1.54, 1.807) is 17.8 Å². The van der Waals surface area contributed by atoms with Gasteiger partial charge in [-0.2, -0.15) is 11.8 Å². The molecule has 4 nitrogen and oxygen atoms in total. The Balaban J connectivity index is 2.15. The van der Waals surface area contributed by atoms with Gasteiger partial charge >= 0.3 is 0 Å². The zero-order valence-corrected chi connectivity index (χ0v) is 14.5. The lowest BCUT2D eigenvalue weighted by Gasteiger charge is -2.35. The van der Waals surface area contributed by atoms with Gasteiger partial charge in [0, 0.05) is 17.0 Å². The first kappa shape index (κ1) is 16.9. The number of hydrogen-bond donors (Lipinski definition) is 2. The molecule has 1 aromatic carbocycles. The summed E-state index contributed by atoms with van der Waals surface area (Å²) in [5.74, 6) is 0. The molecule has 0 heterocycles. The van der Waals surface area contributed by atoms with Gasteiger partial charge < -0.3 is 5.73 Å². The van der Waals surface area contributed by atoms with Crippen molar-refractivity contribution in [3.8, 4) is 0 Å². The fraction of sp³-hybridized carbons (Fsp3) is 0.571. The molecule has 7 heteroatoms. The smallest absolute Gasteiger partial charge is 0.242 e. The zero-order valence-electron chi connectivity index (χ0n) is 12.1. The molecular weight excluding hydrogens is 328 g/mol. The molecule has 1 aliphatic carbocycles. The predicted octanol–water partition coefficient (Wildman–Crippen LogP) is 3.27. The first-order valence-electron chi connectivity index (χ1n) is 6.98. The summed E-state index contributed by atoms with van der Waals surface area (Å²) in [4.78, 5) is 0.0521. The number of hydrogen-bond acceptors (Lipinski definition) is 4. The van der Waals surface area contributed by atoms with Crippen molar-refractivity contribution < 1.29 is 8.42 Å². The fourth-order valence-corrected chi connectivity index (χ4v) is 5.34. The molecule has 21 heavy (non-hydrogen) atoms. The van der Waals surface area contributed by atoms with Crippen molar-refractivity contribution >= 4 is 39.1 Å². The van der Waals surface area contributed by atoms with Crippen LogP contribution >= 0.6 is 23.4 Å². The number of nitrogens with two attached hydrogens (primary N) is 1. The molecule has 1 aliphatic rings. The third kappa shape index (κ3) is 4.06. The third-order valence-electron chi connectivity index (χ3n) is 4.03. The Kier molecular flexibility index (Phi) is 5.46. The quantitative estimate of drug-likeness (QED) is 0.801. The van der Waals surface area contributed by atoms with E-state index in [9.17, 15) is 8.42 Å². The second-order valence-corrected chi connectivity index (χ2v) is 8.88. The topological polar surface area (TPSA) is 72.2 Å². The number of nitrogens with one attached hydrogen (secondary N) is 1. The van der Waals surface area contributed by atoms with Crippen molar-refractivity contribution in [3.05, 3.63) is 23.2 Å². The van der Waals surface area contributed by atoms with Crippen LogP contribution in [0.1, 0.15) is 32.1 Å². The van der Waals surface area contributed by atoms with Crippen LogP contribution in [0.5, 0.6) is 0 Å². The molecule has 1 aromatic rings. The summed E-state index contributed by atoms with van der Waals surface area (Å²) in [6.07, 6.45) is 7.68. The van der Waals surface area contributed by atoms with Gasteiger partial charge in [-0.15, -0.1) is 0 Å². The van der Waals surface area contributed by atoms with Gasteiger partial charge in [-0.1, -0.05) is 30.9 Å². The highest BCUT2D eigenvalue weighted by Gasteiger charge is 2.33. The SMILES string of the molecule is CSC1(CNS(=O)(=O)c2cc(N)ccc2Cl)CCCCC1. The number of sulfonamides is 1. The molecule has 0 atom stereocenters. The van der Waals surface area contributed by atoms with Crippen molar-refractivity contribution in [2.75, 3.05) is 18.5 Å². The molecule has 0 bridgehead atoms. The van der Waals surface area contributed by atoms with E-state index in [2.05, 4.69) is 4.72 Å². The normalized spacial score (nSPS) is 18.6. The summed E-state index contributed by atoms with van der Waals surface area (Å²) < 4.78 is 27.6. The standard InChI is InChI=1S/C14H21ClN2O2S2/c1-20-14(7-3-2-4-8-14)10-17-21(18,19)13-9-11(16)5-6-12(13)15/h5-6,9,17H,2-4,7-8,10,16H2,1H3. The Morgan fingerprint density at radius 1 is 1.33 bits per heavy atom. The summed E-state index contributed by atoms with van der Waals surface area (Å²) in [6, 6.07) is 4.50. The highest BCUT2D eigenvalue weighted by molar-refractivity contribution is 8.00. The predicted molar refractivity (Wildman–Crippen MR) is 90.4 cm³/mol. The van der Waals surface area contributed by atoms with Crippen LogP contribution in [-0.4, -0.2) is 26.0 Å². The minimum atomic E-state index is -3.64. The Morgan fingerprint density at radius 3 is 2.62 bits per heavy atom. The third-order valence-corrected chi connectivity index (χ3v) is 7.33. The molecule has 0 spiro atoms. The summed E-state index contributed by atoms with van der Waals surface area (Å²) in [6.45, 7) is 0.432. The number of benzene rings is 1. The first-order valence-corrected chi connectivity index (χ1v) is 10.1. The fourth-order valence-electron chi connectivity index (χ4n) is 2.68. The monoisotopic (exact) mass is 348 g/mol. The average molecular weight is 349 g/mol. The van der Waals surface area contributed by atoms with Crippen LogP contribution in [-0.2, 0) is 10.0 Å². The largest absolute Gasteiger partial charge is 0.399 e. The second kappa shape index (κ2) is 6.77. The summed E-state index contributed by atoms with van der Waals surface area (Å²) in [5, 5.41) is 0.193. The van der Waals surface area contributed by atoms with Crippen LogP contribution in [0, 0.1) is 0 Å². The van der Waals surface area contributed by atoms with Crippen LogP contribution in [0.4, 0.5) is 5.69 Å². The number of rotatable bonds is 5. The summed E-state index contributed by atoms with van der Waals surface area (Å²) in [7, 11) is -3.64. The highest BCUT2D eigenvalue weighted by Crippen LogP contribution is 2.38. The molecular formula is C14H21ClN2O2S2. The average Bonchev–Trinajstić information content (AvgIpc) is 2.49. The van der Waals surface area contributed by atoms with Crippen LogP contribution in [0.15, 0.2) is 23.1 Å². The second-order valence-electron chi connectivity index (χ2n) is 5.46. The van der Waals surface area contributed by atoms with Gasteiger partial charge in [0.15, 0.2) is 0 Å². The van der Waals surface area contributed by atoms with Gasteiger partial charge in [0.1, 0.15) is 4.90 Å². The summed E-state index contributed by atoms with van der Waals surface area (Å²) in [5.41, 5.74) is 6.05. The Hall–Kier alpha value is -0.430. The molecule has 0 saturated heterocycles. The minimum absolute atomic E-state index is 0.00186. The number of halogens is 1. The molecule has 1 saturated carbocycles. The van der Waals surface area contributed by atoms with E-state index in [4.69, 9.17) is 17.3 Å². The van der Waals surface area contributed by atoms with Gasteiger partial charge in [-0.3, -0.25) is 0 Å². The van der Waals surface area contributed by atoms with E-state index in [1.807, 2.05) is 6.26 Å². The van der Waals surface area contributed by atoms with E-state index >= 15 is 0 Å². The van der Waals surface area contributed by atoms with E-state index in [1.165, 1.54) is 18.6 Å². The van der Waals surface area contributed by atoms with E-state index in [0.29, 0.717) is 12.2 Å². The lowest BCUT2D eigenvalue weighted by Crippen LogP contribution is -2.41. The number of thioether (sulfide) groups is 1. The molecule has 0 aromatic heterocycles. The Bertz CT molecular complexity index is 599. The van der Waals surface area contributed by atoms with Gasteiger partial charge in [-0.25, -0.2) is 13.1 Å². The van der Waals surface area contributed by atoms with Gasteiger partial charge in [0.05, 0.1) is 5.02 Å². The lowest BCUT2D eigenvalue weighted by atomic mass is 9.88. The molecule has 0 radical (unpaired) electrons. The van der Waals surface area contributed by atoms with Crippen LogP contribution in [0.2, 0.25) is 5.02 Å². The van der Waals surface area contributed by atoms with Crippen molar-refractivity contribution in [3.63, 3.8) is 0 Å².